The highest BCUT2D eigenvalue weighted by molar-refractivity contribution is 6.05. The Balaban J connectivity index is 1.66. The molecule has 164 valence electrons. The second-order valence-electron chi connectivity index (χ2n) is 7.11. The number of carbonyl (C=O) groups excluding carboxylic acids is 2. The number of anilines is 3. The van der Waals surface area contributed by atoms with Gasteiger partial charge in [0.25, 0.3) is 5.56 Å². The first-order valence-corrected chi connectivity index (χ1v) is 9.79. The average Bonchev–Trinajstić information content (AvgIpc) is 2.78. The number of methoxy groups -OCH3 is 2. The molecule has 31 heavy (non-hydrogen) atoms. The van der Waals surface area contributed by atoms with Crippen molar-refractivity contribution in [1.29, 1.82) is 0 Å². The maximum absolute atomic E-state index is 13.1. The third kappa shape index (κ3) is 4.17. The van der Waals surface area contributed by atoms with Gasteiger partial charge in [0.15, 0.2) is 0 Å². The van der Waals surface area contributed by atoms with E-state index in [1.807, 2.05) is 4.90 Å². The largest absolute Gasteiger partial charge is 0.497 e. The lowest BCUT2D eigenvalue weighted by molar-refractivity contribution is -0.123. The molecule has 0 aliphatic carbocycles. The lowest BCUT2D eigenvalue weighted by Gasteiger charge is -2.29. The van der Waals surface area contributed by atoms with Crippen molar-refractivity contribution in [1.82, 2.24) is 9.97 Å². The van der Waals surface area contributed by atoms with E-state index in [0.29, 0.717) is 49.4 Å². The van der Waals surface area contributed by atoms with Gasteiger partial charge in [0.2, 0.25) is 17.8 Å². The van der Waals surface area contributed by atoms with Gasteiger partial charge in [-0.15, -0.1) is 0 Å². The first kappa shape index (κ1) is 20.7. The minimum Gasteiger partial charge on any atom is -0.497 e. The molecule has 11 nitrogen and oxygen atoms in total. The zero-order valence-corrected chi connectivity index (χ0v) is 17.2. The molecule has 0 bridgehead atoms. The number of nitrogens with one attached hydrogen (secondary N) is 3. The lowest BCUT2D eigenvalue weighted by Crippen LogP contribution is -2.41. The van der Waals surface area contributed by atoms with Crippen LogP contribution in [0.2, 0.25) is 0 Å². The number of benzene rings is 1. The van der Waals surface area contributed by atoms with Gasteiger partial charge < -0.3 is 29.7 Å². The molecule has 2 amide bonds. The van der Waals surface area contributed by atoms with E-state index in [1.54, 1.807) is 18.2 Å². The smallest absolute Gasteiger partial charge is 0.258 e. The van der Waals surface area contributed by atoms with Crippen LogP contribution in [0, 0.1) is 0 Å². The predicted molar refractivity (Wildman–Crippen MR) is 112 cm³/mol. The van der Waals surface area contributed by atoms with Gasteiger partial charge in [-0.1, -0.05) is 0 Å². The number of aromatic nitrogens is 2. The normalized spacial score (nSPS) is 18.1. The van der Waals surface area contributed by atoms with Crippen LogP contribution in [0.25, 0.3) is 0 Å². The maximum atomic E-state index is 13.1. The first-order chi connectivity index (χ1) is 15.0. The predicted octanol–water partition coefficient (Wildman–Crippen LogP) is 0.688. The highest BCUT2D eigenvalue weighted by Crippen LogP contribution is 2.33. The van der Waals surface area contributed by atoms with Crippen molar-refractivity contribution in [2.45, 2.75) is 12.3 Å². The number of aromatic amines is 1. The summed E-state index contributed by atoms with van der Waals surface area (Å²) in [5, 5.41) is 5.36. The van der Waals surface area contributed by atoms with Crippen molar-refractivity contribution >= 4 is 29.3 Å². The summed E-state index contributed by atoms with van der Waals surface area (Å²) in [4.78, 5) is 47.3. The van der Waals surface area contributed by atoms with Crippen LogP contribution >= 0.6 is 0 Å². The number of carbonyl (C=O) groups is 2. The van der Waals surface area contributed by atoms with E-state index in [-0.39, 0.29) is 17.8 Å². The van der Waals surface area contributed by atoms with Gasteiger partial charge in [0.1, 0.15) is 17.3 Å². The summed E-state index contributed by atoms with van der Waals surface area (Å²) < 4.78 is 15.8. The van der Waals surface area contributed by atoms with Crippen LogP contribution in [0.4, 0.5) is 17.5 Å². The van der Waals surface area contributed by atoms with Gasteiger partial charge in [0.05, 0.1) is 44.6 Å². The molecule has 0 spiro atoms. The van der Waals surface area contributed by atoms with Crippen molar-refractivity contribution in [3.63, 3.8) is 0 Å². The molecule has 0 unspecified atom stereocenters. The lowest BCUT2D eigenvalue weighted by atomic mass is 9.92. The Morgan fingerprint density at radius 3 is 2.71 bits per heavy atom. The average molecular weight is 429 g/mol. The summed E-state index contributed by atoms with van der Waals surface area (Å²) in [6.45, 7) is 2.16. The van der Waals surface area contributed by atoms with Crippen LogP contribution in [-0.2, 0) is 14.3 Å². The van der Waals surface area contributed by atoms with Gasteiger partial charge in [-0.2, -0.15) is 4.98 Å². The molecule has 1 fully saturated rings. The Hall–Kier alpha value is -3.60. The number of H-pyrrole nitrogens is 1. The second-order valence-corrected chi connectivity index (χ2v) is 7.11. The van der Waals surface area contributed by atoms with Gasteiger partial charge >= 0.3 is 0 Å². The SMILES string of the molecule is COc1ccc(OC)c(NC(=O)[C@H]2CC(=O)Nc3nc(N4CCOCC4)[nH]c(=O)c32)c1. The van der Waals surface area contributed by atoms with Crippen molar-refractivity contribution in [3.8, 4) is 11.5 Å². The van der Waals surface area contributed by atoms with Crippen LogP contribution < -0.4 is 30.6 Å². The van der Waals surface area contributed by atoms with Gasteiger partial charge in [-0.05, 0) is 12.1 Å². The quantitative estimate of drug-likeness (QED) is 0.632. The molecule has 3 N–H and O–H groups in total. The minimum absolute atomic E-state index is 0.0965. The molecule has 3 heterocycles. The zero-order chi connectivity index (χ0) is 22.0. The summed E-state index contributed by atoms with van der Waals surface area (Å²) in [6, 6.07) is 4.95. The first-order valence-electron chi connectivity index (χ1n) is 9.79. The number of fused-ring (bicyclic) bond motifs is 1. The molecule has 0 saturated carbocycles. The fourth-order valence-corrected chi connectivity index (χ4v) is 3.64. The Morgan fingerprint density at radius 1 is 1.23 bits per heavy atom. The van der Waals surface area contributed by atoms with E-state index >= 15 is 0 Å². The van der Waals surface area contributed by atoms with Crippen molar-refractivity contribution in [2.24, 2.45) is 0 Å². The molecule has 1 atom stereocenters. The van der Waals surface area contributed by atoms with E-state index in [0.717, 1.165) is 0 Å². The molecule has 1 aromatic heterocycles. The number of hydrogen-bond acceptors (Lipinski definition) is 8. The summed E-state index contributed by atoms with van der Waals surface area (Å²) in [5.41, 5.74) is 0.0222. The second kappa shape index (κ2) is 8.64. The molecular weight excluding hydrogens is 406 g/mol. The van der Waals surface area contributed by atoms with Crippen LogP contribution in [0.1, 0.15) is 17.9 Å². The van der Waals surface area contributed by atoms with Gasteiger partial charge in [-0.25, -0.2) is 0 Å². The van der Waals surface area contributed by atoms with Crippen LogP contribution in [0.3, 0.4) is 0 Å². The van der Waals surface area contributed by atoms with Crippen LogP contribution in [0.5, 0.6) is 11.5 Å². The fraction of sp³-hybridized carbons (Fsp3) is 0.400. The van der Waals surface area contributed by atoms with Crippen molar-refractivity contribution < 1.29 is 23.8 Å². The summed E-state index contributed by atoms with van der Waals surface area (Å²) in [7, 11) is 2.98. The Morgan fingerprint density at radius 2 is 2.00 bits per heavy atom. The van der Waals surface area contributed by atoms with Crippen molar-refractivity contribution in [3.05, 3.63) is 34.1 Å². The van der Waals surface area contributed by atoms with Gasteiger partial charge in [-0.3, -0.25) is 19.4 Å². The van der Waals surface area contributed by atoms with Crippen LogP contribution in [-0.4, -0.2) is 62.3 Å². The molecule has 0 radical (unpaired) electrons. The number of rotatable bonds is 5. The number of ether oxygens (including phenoxy) is 3. The van der Waals surface area contributed by atoms with Gasteiger partial charge in [0, 0.05) is 25.6 Å². The molecule has 2 aliphatic heterocycles. The molecule has 4 rings (SSSR count). The standard InChI is InChI=1S/C20H23N5O6/c1-29-11-3-4-14(30-2)13(9-11)21-18(27)12-10-15(26)22-17-16(12)19(28)24-20(23-17)25-5-7-31-8-6-25/h3-4,9,12H,5-8,10H2,1-2H3,(H,21,27)(H2,22,23,24,26,28)/t12-/m0/s1. The Kier molecular flexibility index (Phi) is 5.76. The maximum Gasteiger partial charge on any atom is 0.258 e. The van der Waals surface area contributed by atoms with Crippen molar-refractivity contribution in [2.75, 3.05) is 56.1 Å². The third-order valence-electron chi connectivity index (χ3n) is 5.23. The van der Waals surface area contributed by atoms with E-state index < -0.39 is 23.3 Å². The highest BCUT2D eigenvalue weighted by atomic mass is 16.5. The van der Waals surface area contributed by atoms with Crippen LogP contribution in [0.15, 0.2) is 23.0 Å². The summed E-state index contributed by atoms with van der Waals surface area (Å²) in [6.07, 6.45) is -0.174. The molecule has 1 saturated heterocycles. The van der Waals surface area contributed by atoms with E-state index in [2.05, 4.69) is 20.6 Å². The number of hydrogen-bond donors (Lipinski definition) is 3. The number of morpholine rings is 1. The molecule has 2 aromatic rings. The van der Waals surface area contributed by atoms with E-state index in [4.69, 9.17) is 14.2 Å². The molecular formula is C20H23N5O6. The third-order valence-corrected chi connectivity index (χ3v) is 5.23. The van der Waals surface area contributed by atoms with E-state index in [1.165, 1.54) is 14.2 Å². The number of nitrogens with zero attached hydrogens (tertiary/aromatic N) is 2. The highest BCUT2D eigenvalue weighted by Gasteiger charge is 2.35. The minimum atomic E-state index is -1.00. The van der Waals surface area contributed by atoms with E-state index in [9.17, 15) is 14.4 Å². The Bertz CT molecular complexity index is 1060. The summed E-state index contributed by atoms with van der Waals surface area (Å²) in [5.74, 6) is -0.543. The summed E-state index contributed by atoms with van der Waals surface area (Å²) >= 11 is 0. The topological polar surface area (TPSA) is 135 Å². The monoisotopic (exact) mass is 429 g/mol. The molecule has 1 aromatic carbocycles. The fourth-order valence-electron chi connectivity index (χ4n) is 3.64. The molecule has 11 heteroatoms. The molecule has 2 aliphatic rings. The number of amides is 2. The Labute approximate surface area is 177 Å². The zero-order valence-electron chi connectivity index (χ0n) is 17.2.